The molecule has 0 aliphatic carbocycles. The van der Waals surface area contributed by atoms with Gasteiger partial charge >= 0.3 is 6.03 Å². The Balaban J connectivity index is 1.47. The van der Waals surface area contributed by atoms with E-state index < -0.39 is 0 Å². The average molecular weight is 380 g/mol. The number of furan rings is 1. The van der Waals surface area contributed by atoms with Crippen molar-refractivity contribution in [2.45, 2.75) is 12.6 Å². The van der Waals surface area contributed by atoms with Crippen LogP contribution in [0.15, 0.2) is 71.6 Å². The van der Waals surface area contributed by atoms with Crippen LogP contribution in [0.5, 0.6) is 5.75 Å². The molecule has 3 aromatic rings. The number of carbonyl (C=O) groups excluding carboxylic acids is 1. The fraction of sp³-hybridized carbons (Fsp3) is 0.238. The Kier molecular flexibility index (Phi) is 6.64. The van der Waals surface area contributed by atoms with Crippen molar-refractivity contribution in [1.82, 2.24) is 15.2 Å². The van der Waals surface area contributed by atoms with E-state index in [9.17, 15) is 4.79 Å². The minimum absolute atomic E-state index is 0.0380. The number of hydrogen-bond donors (Lipinski definition) is 2. The second-order valence-electron chi connectivity index (χ2n) is 6.50. The lowest BCUT2D eigenvalue weighted by Crippen LogP contribution is -2.36. The van der Waals surface area contributed by atoms with Crippen LogP contribution >= 0.6 is 0 Å². The highest BCUT2D eigenvalue weighted by atomic mass is 16.5. The first-order valence-electron chi connectivity index (χ1n) is 8.98. The van der Waals surface area contributed by atoms with Crippen LogP contribution in [0.25, 0.3) is 0 Å². The van der Waals surface area contributed by atoms with Gasteiger partial charge in [-0.2, -0.15) is 0 Å². The SMILES string of the molecule is CN(C)C(CNC(=O)Nc1ccc(OCc2cccnc2)cc1)c1ccco1. The molecule has 0 bridgehead atoms. The highest BCUT2D eigenvalue weighted by Gasteiger charge is 2.17. The lowest BCUT2D eigenvalue weighted by Gasteiger charge is -2.22. The second kappa shape index (κ2) is 9.57. The number of ether oxygens (including phenoxy) is 1. The van der Waals surface area contributed by atoms with Crippen LogP contribution in [-0.2, 0) is 6.61 Å². The number of nitrogens with zero attached hydrogens (tertiary/aromatic N) is 2. The lowest BCUT2D eigenvalue weighted by atomic mass is 10.2. The molecule has 146 valence electrons. The summed E-state index contributed by atoms with van der Waals surface area (Å²) in [5.41, 5.74) is 1.68. The van der Waals surface area contributed by atoms with Gasteiger partial charge in [0.15, 0.2) is 0 Å². The molecule has 1 unspecified atom stereocenters. The molecule has 28 heavy (non-hydrogen) atoms. The molecule has 7 heteroatoms. The number of aromatic nitrogens is 1. The average Bonchev–Trinajstić information content (AvgIpc) is 3.22. The summed E-state index contributed by atoms with van der Waals surface area (Å²) >= 11 is 0. The zero-order chi connectivity index (χ0) is 19.8. The number of amides is 2. The maximum absolute atomic E-state index is 12.2. The van der Waals surface area contributed by atoms with E-state index in [2.05, 4.69) is 15.6 Å². The van der Waals surface area contributed by atoms with E-state index in [1.165, 1.54) is 0 Å². The summed E-state index contributed by atoms with van der Waals surface area (Å²) in [7, 11) is 3.88. The number of anilines is 1. The predicted molar refractivity (Wildman–Crippen MR) is 107 cm³/mol. The van der Waals surface area contributed by atoms with Crippen molar-refractivity contribution >= 4 is 11.7 Å². The molecule has 3 rings (SSSR count). The molecule has 0 aliphatic rings. The molecule has 0 fully saturated rings. The van der Waals surface area contributed by atoms with Gasteiger partial charge in [-0.25, -0.2) is 4.79 Å². The molecule has 0 radical (unpaired) electrons. The quantitative estimate of drug-likeness (QED) is 0.623. The number of carbonyl (C=O) groups is 1. The Bertz CT molecular complexity index is 849. The Morgan fingerprint density at radius 2 is 2.00 bits per heavy atom. The maximum Gasteiger partial charge on any atom is 0.319 e. The number of likely N-dealkylation sites (N-methyl/N-ethyl adjacent to an activating group) is 1. The molecule has 2 heterocycles. The molecular formula is C21H24N4O3. The van der Waals surface area contributed by atoms with Crippen LogP contribution in [0.1, 0.15) is 17.4 Å². The topological polar surface area (TPSA) is 79.6 Å². The lowest BCUT2D eigenvalue weighted by molar-refractivity contribution is 0.233. The summed E-state index contributed by atoms with van der Waals surface area (Å²) in [6, 6.07) is 14.5. The van der Waals surface area contributed by atoms with Gasteiger partial charge in [0.05, 0.1) is 12.3 Å². The molecule has 0 spiro atoms. The van der Waals surface area contributed by atoms with Crippen molar-refractivity contribution in [3.63, 3.8) is 0 Å². The van der Waals surface area contributed by atoms with Gasteiger partial charge < -0.3 is 19.8 Å². The molecule has 2 aromatic heterocycles. The minimum atomic E-state index is -0.276. The summed E-state index contributed by atoms with van der Waals surface area (Å²) < 4.78 is 11.2. The van der Waals surface area contributed by atoms with Gasteiger partial charge in [-0.1, -0.05) is 6.07 Å². The van der Waals surface area contributed by atoms with Gasteiger partial charge in [-0.05, 0) is 56.6 Å². The van der Waals surface area contributed by atoms with Crippen LogP contribution < -0.4 is 15.4 Å². The fourth-order valence-corrected chi connectivity index (χ4v) is 2.67. The summed E-state index contributed by atoms with van der Waals surface area (Å²) in [6.07, 6.45) is 5.12. The largest absolute Gasteiger partial charge is 0.489 e. The van der Waals surface area contributed by atoms with Gasteiger partial charge in [-0.15, -0.1) is 0 Å². The van der Waals surface area contributed by atoms with E-state index >= 15 is 0 Å². The van der Waals surface area contributed by atoms with Crippen LogP contribution in [0.2, 0.25) is 0 Å². The van der Waals surface area contributed by atoms with E-state index in [0.29, 0.717) is 18.8 Å². The van der Waals surface area contributed by atoms with E-state index in [0.717, 1.165) is 17.1 Å². The third-order valence-electron chi connectivity index (χ3n) is 4.19. The number of rotatable bonds is 8. The summed E-state index contributed by atoms with van der Waals surface area (Å²) in [4.78, 5) is 18.2. The molecule has 7 nitrogen and oxygen atoms in total. The van der Waals surface area contributed by atoms with Gasteiger partial charge in [0.1, 0.15) is 18.1 Å². The van der Waals surface area contributed by atoms with Crippen LogP contribution in [-0.4, -0.2) is 36.6 Å². The maximum atomic E-state index is 12.2. The van der Waals surface area contributed by atoms with Crippen molar-refractivity contribution in [2.24, 2.45) is 0 Å². The van der Waals surface area contributed by atoms with E-state index in [1.807, 2.05) is 55.4 Å². The number of hydrogen-bond acceptors (Lipinski definition) is 5. The summed E-state index contributed by atoms with van der Waals surface area (Å²) in [5, 5.41) is 5.69. The number of benzene rings is 1. The zero-order valence-electron chi connectivity index (χ0n) is 16.0. The van der Waals surface area contributed by atoms with Crippen molar-refractivity contribution in [3.05, 3.63) is 78.5 Å². The summed E-state index contributed by atoms with van der Waals surface area (Å²) in [5.74, 6) is 1.53. The number of nitrogens with one attached hydrogen (secondary N) is 2. The van der Waals surface area contributed by atoms with E-state index in [4.69, 9.17) is 9.15 Å². The number of urea groups is 1. The highest BCUT2D eigenvalue weighted by molar-refractivity contribution is 5.89. The molecule has 2 amide bonds. The zero-order valence-corrected chi connectivity index (χ0v) is 16.0. The molecular weight excluding hydrogens is 356 g/mol. The highest BCUT2D eigenvalue weighted by Crippen LogP contribution is 2.19. The van der Waals surface area contributed by atoms with Gasteiger partial charge in [0.25, 0.3) is 0 Å². The molecule has 1 aromatic carbocycles. The number of pyridine rings is 1. The van der Waals surface area contributed by atoms with Gasteiger partial charge in [-0.3, -0.25) is 9.88 Å². The third kappa shape index (κ3) is 5.59. The first-order chi connectivity index (χ1) is 13.6. The Morgan fingerprint density at radius 1 is 1.18 bits per heavy atom. The van der Waals surface area contributed by atoms with Crippen molar-refractivity contribution in [1.29, 1.82) is 0 Å². The Labute approximate surface area is 164 Å². The fourth-order valence-electron chi connectivity index (χ4n) is 2.67. The van der Waals surface area contributed by atoms with Crippen molar-refractivity contribution in [2.75, 3.05) is 26.0 Å². The monoisotopic (exact) mass is 380 g/mol. The third-order valence-corrected chi connectivity index (χ3v) is 4.19. The van der Waals surface area contributed by atoms with Crippen LogP contribution in [0.4, 0.5) is 10.5 Å². The van der Waals surface area contributed by atoms with Crippen LogP contribution in [0, 0.1) is 0 Å². The standard InChI is InChI=1S/C21H24N4O3/c1-25(2)19(20-6-4-12-27-20)14-23-21(26)24-17-7-9-18(10-8-17)28-15-16-5-3-11-22-13-16/h3-13,19H,14-15H2,1-2H3,(H2,23,24,26). The first kappa shape index (κ1) is 19.4. The minimum Gasteiger partial charge on any atom is -0.489 e. The molecule has 0 saturated carbocycles. The second-order valence-corrected chi connectivity index (χ2v) is 6.50. The molecule has 0 saturated heterocycles. The normalized spacial score (nSPS) is 11.8. The van der Waals surface area contributed by atoms with Gasteiger partial charge in [0, 0.05) is 30.2 Å². The molecule has 2 N–H and O–H groups in total. The molecule has 0 aliphatic heterocycles. The Morgan fingerprint density at radius 3 is 2.64 bits per heavy atom. The van der Waals surface area contributed by atoms with E-state index in [-0.39, 0.29) is 12.1 Å². The van der Waals surface area contributed by atoms with Crippen molar-refractivity contribution < 1.29 is 13.9 Å². The Hall–Kier alpha value is -3.32. The van der Waals surface area contributed by atoms with Crippen molar-refractivity contribution in [3.8, 4) is 5.75 Å². The molecule has 1 atom stereocenters. The van der Waals surface area contributed by atoms with Crippen LogP contribution in [0.3, 0.4) is 0 Å². The van der Waals surface area contributed by atoms with E-state index in [1.54, 1.807) is 30.8 Å². The first-order valence-corrected chi connectivity index (χ1v) is 8.98. The van der Waals surface area contributed by atoms with Gasteiger partial charge in [0.2, 0.25) is 0 Å². The predicted octanol–water partition coefficient (Wildman–Crippen LogP) is 3.68. The summed E-state index contributed by atoms with van der Waals surface area (Å²) in [6.45, 7) is 0.873. The smallest absolute Gasteiger partial charge is 0.319 e.